The minimum absolute atomic E-state index is 0. The van der Waals surface area contributed by atoms with E-state index in [9.17, 15) is 59.1 Å². The molecule has 6 aliphatic rings. The summed E-state index contributed by atoms with van der Waals surface area (Å²) in [6.45, 7) is 21.9. The normalized spacial score (nSPS) is 19.4. The van der Waals surface area contributed by atoms with Gasteiger partial charge in [-0.2, -0.15) is 0 Å². The van der Waals surface area contributed by atoms with Crippen molar-refractivity contribution in [2.45, 2.75) is 117 Å². The first-order valence-electron chi connectivity index (χ1n) is 22.1. The van der Waals surface area contributed by atoms with Gasteiger partial charge in [-0.05, 0) is 106 Å². The maximum absolute atomic E-state index is 14.3. The average Bonchev–Trinajstić information content (AvgIpc) is 3.71. The maximum atomic E-state index is 14.3. The van der Waals surface area contributed by atoms with Gasteiger partial charge in [0.1, 0.15) is 6.29 Å². The van der Waals surface area contributed by atoms with Gasteiger partial charge in [0.05, 0.1) is 34.2 Å². The first kappa shape index (κ1) is 49.9. The molecule has 0 saturated heterocycles. The van der Waals surface area contributed by atoms with E-state index in [1.165, 1.54) is 41.4 Å². The van der Waals surface area contributed by atoms with Crippen LogP contribution in [0.2, 0.25) is 0 Å². The molecule has 10 rings (SSSR count). The lowest BCUT2D eigenvalue weighted by molar-refractivity contribution is 0.0916. The Balaban J connectivity index is 0.000000165. The van der Waals surface area contributed by atoms with Gasteiger partial charge < -0.3 is 9.80 Å². The van der Waals surface area contributed by atoms with Gasteiger partial charge in [0.15, 0.2) is 58.1 Å². The number of Topliss-reactive ketones (excluding diaryl/α,β-unsaturated/α-hetero) is 4. The summed E-state index contributed by atoms with van der Waals surface area (Å²) >= 11 is 0. The first-order valence-corrected chi connectivity index (χ1v) is 22.1. The number of rotatable bonds is 2. The van der Waals surface area contributed by atoms with E-state index >= 15 is 0 Å². The van der Waals surface area contributed by atoms with Crippen molar-refractivity contribution in [3.05, 3.63) is 132 Å². The predicted molar refractivity (Wildman–Crippen MR) is 242 cm³/mol. The van der Waals surface area contributed by atoms with E-state index in [0.29, 0.717) is 5.56 Å². The number of hydrogen-bond donors (Lipinski definition) is 0. The van der Waals surface area contributed by atoms with Crippen molar-refractivity contribution in [1.29, 1.82) is 0 Å². The third-order valence-electron chi connectivity index (χ3n) is 14.6. The maximum Gasteiger partial charge on any atom is 0.200 e. The molecule has 0 atom stereocenters. The first-order chi connectivity index (χ1) is 31.1. The number of benzene rings is 4. The van der Waals surface area contributed by atoms with Gasteiger partial charge in [0.25, 0.3) is 0 Å². The number of halogens is 8. The van der Waals surface area contributed by atoms with Crippen LogP contribution in [0.4, 0.5) is 46.5 Å². The summed E-state index contributed by atoms with van der Waals surface area (Å²) in [6.07, 6.45) is 5.72. The van der Waals surface area contributed by atoms with Crippen LogP contribution in [0.3, 0.4) is 0 Å². The number of allylic oxidation sites excluding steroid dienone is 1. The molecule has 0 bridgehead atoms. The molecule has 0 fully saturated rings. The van der Waals surface area contributed by atoms with Crippen LogP contribution >= 0.6 is 0 Å². The fourth-order valence-corrected chi connectivity index (χ4v) is 10.3. The molecule has 0 saturated carbocycles. The Hall–Kier alpha value is -5.99. The molecule has 68 heavy (non-hydrogen) atoms. The molecule has 0 N–H and O–H groups in total. The highest BCUT2D eigenvalue weighted by Gasteiger charge is 2.45. The highest BCUT2D eigenvalue weighted by molar-refractivity contribution is 6.41. The quantitative estimate of drug-likeness (QED) is 0.0376. The van der Waals surface area contributed by atoms with Crippen LogP contribution in [0, 0.1) is 46.5 Å². The average molecular weight is 949 g/mol. The summed E-state index contributed by atoms with van der Waals surface area (Å²) in [5.41, 5.74) is 4.31. The van der Waals surface area contributed by atoms with Gasteiger partial charge >= 0.3 is 0 Å². The minimum Gasteiger partial charge on any atom is -0.371 e. The van der Waals surface area contributed by atoms with E-state index in [2.05, 4.69) is 77.3 Å². The number of carbonyl (C=O) groups is 5. The van der Waals surface area contributed by atoms with Gasteiger partial charge in [0, 0.05) is 43.1 Å². The Kier molecular flexibility index (Phi) is 12.4. The highest BCUT2D eigenvalue weighted by atomic mass is 19.2. The summed E-state index contributed by atoms with van der Waals surface area (Å²) in [5.74, 6) is -20.0. The Bertz CT molecular complexity index is 2770. The second kappa shape index (κ2) is 16.9. The van der Waals surface area contributed by atoms with E-state index in [1.807, 2.05) is 12.1 Å². The minimum atomic E-state index is -2.10. The SMILES string of the molecule is C.CC1(C)CCN2CCC(C)(C)c3cc(C=C4C(=O)c5c(F)c(F)c(F)c(F)c5C4=O)cc1c32.CC1(C)CCN2CCC(C)(C)c3cc(C=O)cc1c32.O=C1CC(=O)c2c(F)c(F)c(F)c(F)c21. The van der Waals surface area contributed by atoms with Crippen LogP contribution in [0.5, 0.6) is 0 Å². The summed E-state index contributed by atoms with van der Waals surface area (Å²) in [4.78, 5) is 63.8. The Labute approximate surface area is 389 Å². The number of aldehydes is 1. The molecule has 0 aromatic heterocycles. The largest absolute Gasteiger partial charge is 0.371 e. The molecule has 4 aromatic rings. The van der Waals surface area contributed by atoms with E-state index in [1.54, 1.807) is 0 Å². The van der Waals surface area contributed by atoms with Gasteiger partial charge in [-0.3, -0.25) is 24.0 Å². The van der Waals surface area contributed by atoms with E-state index < -0.39 is 104 Å². The van der Waals surface area contributed by atoms with Gasteiger partial charge in [0.2, 0.25) is 11.6 Å². The molecule has 4 aliphatic heterocycles. The van der Waals surface area contributed by atoms with Crippen LogP contribution in [0.1, 0.15) is 175 Å². The number of nitrogens with zero attached hydrogens (tertiary/aromatic N) is 2. The molecule has 15 heteroatoms. The van der Waals surface area contributed by atoms with Crippen molar-refractivity contribution in [3.63, 3.8) is 0 Å². The molecule has 0 spiro atoms. The van der Waals surface area contributed by atoms with Crippen LogP contribution in [0.15, 0.2) is 29.8 Å². The molecule has 4 heterocycles. The van der Waals surface area contributed by atoms with Crippen LogP contribution in [-0.2, 0) is 21.7 Å². The lowest BCUT2D eigenvalue weighted by Gasteiger charge is -2.48. The van der Waals surface area contributed by atoms with Gasteiger partial charge in [-0.1, -0.05) is 62.8 Å². The van der Waals surface area contributed by atoms with Crippen molar-refractivity contribution in [3.8, 4) is 0 Å². The Morgan fingerprint density at radius 1 is 0.441 bits per heavy atom. The monoisotopic (exact) mass is 948 g/mol. The molecule has 0 unspecified atom stereocenters. The zero-order valence-corrected chi connectivity index (χ0v) is 38.3. The number of ketones is 4. The molecule has 0 amide bonds. The van der Waals surface area contributed by atoms with Gasteiger partial charge in [-0.25, -0.2) is 35.1 Å². The second-order valence-corrected chi connectivity index (χ2v) is 20.8. The van der Waals surface area contributed by atoms with Gasteiger partial charge in [-0.15, -0.1) is 0 Å². The topological polar surface area (TPSA) is 91.8 Å². The molecular formula is C53H52F8N2O5. The standard InChI is InChI=1S/C26H23F4NO2.C17H23NO.C9H2F4O2.CH4/c1-25(2)5-7-31-8-6-26(3,4)15-11-12(10-14(25)22(15)31)9-13-23(32)16-17(24(13)33)19(28)21(30)20(29)18(16)27;1-16(2)5-7-18-8-6-17(3,4)14-10-12(11-19)9-13(16)15(14)18;10-6-4-2(14)1-3(15)5(4)7(11)9(13)8(6)12;/h9-11H,5-8H2,1-4H3;9-11H,5-8H2,1-4H3;1H2;1H4. The molecular weight excluding hydrogens is 897 g/mol. The number of carbonyl (C=O) groups excluding carboxylic acids is 5. The number of fused-ring (bicyclic) bond motifs is 2. The van der Waals surface area contributed by atoms with Crippen LogP contribution in [-0.4, -0.2) is 55.6 Å². The van der Waals surface area contributed by atoms with E-state index in [-0.39, 0.29) is 29.1 Å². The fourth-order valence-electron chi connectivity index (χ4n) is 10.3. The van der Waals surface area contributed by atoms with Crippen LogP contribution in [0.25, 0.3) is 6.08 Å². The lowest BCUT2D eigenvalue weighted by atomic mass is 9.69. The van der Waals surface area contributed by atoms with E-state index in [0.717, 1.165) is 62.0 Å². The molecule has 0 radical (unpaired) electrons. The molecule has 7 nitrogen and oxygen atoms in total. The lowest BCUT2D eigenvalue weighted by Crippen LogP contribution is -2.44. The fraction of sp³-hybridized carbons (Fsp3) is 0.415. The second-order valence-electron chi connectivity index (χ2n) is 20.8. The van der Waals surface area contributed by atoms with Crippen LogP contribution < -0.4 is 9.80 Å². The summed E-state index contributed by atoms with van der Waals surface area (Å²) < 4.78 is 107. The van der Waals surface area contributed by atoms with Crippen molar-refractivity contribution < 1.29 is 59.1 Å². The third kappa shape index (κ3) is 7.77. The number of anilines is 2. The summed E-state index contributed by atoms with van der Waals surface area (Å²) in [7, 11) is 0. The van der Waals surface area contributed by atoms with Crippen molar-refractivity contribution in [1.82, 2.24) is 0 Å². The summed E-state index contributed by atoms with van der Waals surface area (Å²) in [5, 5.41) is 0. The third-order valence-corrected chi connectivity index (χ3v) is 14.6. The molecule has 360 valence electrons. The Morgan fingerprint density at radius 2 is 0.721 bits per heavy atom. The van der Waals surface area contributed by atoms with Crippen molar-refractivity contribution in [2.75, 3.05) is 36.0 Å². The summed E-state index contributed by atoms with van der Waals surface area (Å²) in [6, 6.07) is 8.02. The van der Waals surface area contributed by atoms with Crippen molar-refractivity contribution in [2.24, 2.45) is 0 Å². The molecule has 4 aromatic carbocycles. The number of hydrogen-bond acceptors (Lipinski definition) is 7. The zero-order valence-electron chi connectivity index (χ0n) is 38.3. The predicted octanol–water partition coefficient (Wildman–Crippen LogP) is 12.2. The smallest absolute Gasteiger partial charge is 0.200 e. The highest BCUT2D eigenvalue weighted by Crippen LogP contribution is 2.51. The zero-order chi connectivity index (χ0) is 49.2. The van der Waals surface area contributed by atoms with E-state index in [4.69, 9.17) is 0 Å². The molecule has 2 aliphatic carbocycles. The van der Waals surface area contributed by atoms with Crippen molar-refractivity contribution >= 4 is 46.9 Å². The Morgan fingerprint density at radius 3 is 1.01 bits per heavy atom.